The van der Waals surface area contributed by atoms with Crippen molar-refractivity contribution < 1.29 is 13.2 Å². The van der Waals surface area contributed by atoms with E-state index in [1.54, 1.807) is 12.1 Å². The van der Waals surface area contributed by atoms with Crippen molar-refractivity contribution in [3.05, 3.63) is 59.9 Å². The van der Waals surface area contributed by atoms with Crippen molar-refractivity contribution in [2.45, 2.75) is 11.4 Å². The molecule has 9 heteroatoms. The van der Waals surface area contributed by atoms with E-state index in [2.05, 4.69) is 14.9 Å². The third kappa shape index (κ3) is 4.09. The number of para-hydroxylation sites is 2. The third-order valence-electron chi connectivity index (χ3n) is 5.35. The van der Waals surface area contributed by atoms with Crippen LogP contribution in [-0.2, 0) is 16.6 Å². The lowest BCUT2D eigenvalue weighted by molar-refractivity contribution is 0.0626. The Morgan fingerprint density at radius 3 is 2.33 bits per heavy atom. The molecule has 0 aliphatic carbocycles. The molecule has 0 unspecified atom stereocenters. The second-order valence-electron chi connectivity index (χ2n) is 7.58. The molecule has 1 amide bonds. The number of aromatic nitrogens is 2. The maximum Gasteiger partial charge on any atom is 0.253 e. The Morgan fingerprint density at radius 1 is 1.03 bits per heavy atom. The van der Waals surface area contributed by atoms with Gasteiger partial charge in [-0.1, -0.05) is 12.1 Å². The summed E-state index contributed by atoms with van der Waals surface area (Å²) in [7, 11) is -0.528. The number of carbonyl (C=O) groups excluding carboxylic acids is 1. The van der Waals surface area contributed by atoms with Crippen LogP contribution in [0.1, 0.15) is 16.2 Å². The largest absolute Gasteiger partial charge is 0.341 e. The average Bonchev–Trinajstić information content (AvgIpc) is 3.16. The minimum absolute atomic E-state index is 0.0767. The Morgan fingerprint density at radius 2 is 1.70 bits per heavy atom. The molecule has 0 radical (unpaired) electrons. The molecule has 1 aliphatic heterocycles. The fraction of sp³-hybridized carbons (Fsp3) is 0.333. The summed E-state index contributed by atoms with van der Waals surface area (Å²) in [6, 6.07) is 14.1. The molecule has 2 heterocycles. The first-order valence-corrected chi connectivity index (χ1v) is 11.3. The number of benzene rings is 2. The van der Waals surface area contributed by atoms with Gasteiger partial charge in [0.1, 0.15) is 5.82 Å². The quantitative estimate of drug-likeness (QED) is 0.670. The number of H-pyrrole nitrogens is 1. The molecule has 1 saturated heterocycles. The van der Waals surface area contributed by atoms with Gasteiger partial charge in [-0.15, -0.1) is 0 Å². The van der Waals surface area contributed by atoms with Crippen molar-refractivity contribution in [1.82, 2.24) is 24.1 Å². The van der Waals surface area contributed by atoms with Gasteiger partial charge >= 0.3 is 0 Å². The van der Waals surface area contributed by atoms with E-state index >= 15 is 0 Å². The topological polar surface area (TPSA) is 89.6 Å². The van der Waals surface area contributed by atoms with E-state index in [0.29, 0.717) is 25.2 Å². The SMILES string of the molecule is CN(C)S(=O)(=O)c1ccc(C(=O)N2CCN(Cc3nc4ccccc4[nH]3)CC2)cc1. The molecule has 0 saturated carbocycles. The van der Waals surface area contributed by atoms with Crippen LogP contribution in [0.15, 0.2) is 53.4 Å². The summed E-state index contributed by atoms with van der Waals surface area (Å²) in [5.74, 6) is 0.848. The van der Waals surface area contributed by atoms with E-state index in [0.717, 1.165) is 34.3 Å². The van der Waals surface area contributed by atoms with Crippen LogP contribution in [0.5, 0.6) is 0 Å². The predicted octanol–water partition coefficient (Wildman–Crippen LogP) is 1.77. The summed E-state index contributed by atoms with van der Waals surface area (Å²) in [6.45, 7) is 3.48. The highest BCUT2D eigenvalue weighted by Gasteiger charge is 2.24. The van der Waals surface area contributed by atoms with Gasteiger partial charge in [-0.3, -0.25) is 9.69 Å². The Labute approximate surface area is 176 Å². The van der Waals surface area contributed by atoms with Gasteiger partial charge in [0, 0.05) is 45.8 Å². The van der Waals surface area contributed by atoms with Crippen LogP contribution >= 0.6 is 0 Å². The minimum atomic E-state index is -3.50. The number of rotatable bonds is 5. The van der Waals surface area contributed by atoms with Crippen LogP contribution in [-0.4, -0.2) is 78.7 Å². The van der Waals surface area contributed by atoms with Gasteiger partial charge in [0.2, 0.25) is 10.0 Å². The zero-order valence-corrected chi connectivity index (χ0v) is 17.9. The maximum absolute atomic E-state index is 12.8. The van der Waals surface area contributed by atoms with E-state index in [9.17, 15) is 13.2 Å². The first kappa shape index (κ1) is 20.5. The summed E-state index contributed by atoms with van der Waals surface area (Å²) in [6.07, 6.45) is 0. The Balaban J connectivity index is 1.36. The van der Waals surface area contributed by atoms with E-state index in [1.807, 2.05) is 29.2 Å². The number of amides is 1. The number of nitrogens with zero attached hydrogens (tertiary/aromatic N) is 4. The highest BCUT2D eigenvalue weighted by atomic mass is 32.2. The molecule has 1 aliphatic rings. The van der Waals surface area contributed by atoms with Crippen LogP contribution in [0.3, 0.4) is 0 Å². The number of carbonyl (C=O) groups is 1. The normalized spacial score (nSPS) is 15.8. The molecule has 0 bridgehead atoms. The van der Waals surface area contributed by atoms with Crippen molar-refractivity contribution in [3.63, 3.8) is 0 Å². The van der Waals surface area contributed by atoms with Crippen molar-refractivity contribution in [2.24, 2.45) is 0 Å². The highest BCUT2D eigenvalue weighted by molar-refractivity contribution is 7.89. The first-order chi connectivity index (χ1) is 14.3. The average molecular weight is 428 g/mol. The lowest BCUT2D eigenvalue weighted by Crippen LogP contribution is -2.48. The Hall–Kier alpha value is -2.75. The van der Waals surface area contributed by atoms with Crippen LogP contribution in [0.25, 0.3) is 11.0 Å². The minimum Gasteiger partial charge on any atom is -0.341 e. The van der Waals surface area contributed by atoms with Gasteiger partial charge in [-0.25, -0.2) is 17.7 Å². The summed E-state index contributed by atoms with van der Waals surface area (Å²) in [4.78, 5) is 25.0. The Bertz CT molecular complexity index is 1110. The monoisotopic (exact) mass is 427 g/mol. The van der Waals surface area contributed by atoms with Crippen LogP contribution < -0.4 is 0 Å². The zero-order chi connectivity index (χ0) is 21.3. The molecule has 1 aromatic heterocycles. The molecule has 1 fully saturated rings. The number of fused-ring (bicyclic) bond motifs is 1. The standard InChI is InChI=1S/C21H25N5O3S/c1-24(2)30(28,29)17-9-7-16(8-10-17)21(27)26-13-11-25(12-14-26)15-20-22-18-5-3-4-6-19(18)23-20/h3-10H,11-15H2,1-2H3,(H,22,23). The first-order valence-electron chi connectivity index (χ1n) is 9.82. The summed E-state index contributed by atoms with van der Waals surface area (Å²) < 4.78 is 25.5. The molecule has 1 N–H and O–H groups in total. The summed E-state index contributed by atoms with van der Waals surface area (Å²) in [5, 5.41) is 0. The van der Waals surface area contributed by atoms with Gasteiger partial charge in [0.25, 0.3) is 5.91 Å². The zero-order valence-electron chi connectivity index (χ0n) is 17.1. The molecule has 8 nitrogen and oxygen atoms in total. The molecule has 3 aromatic rings. The number of aromatic amines is 1. The lowest BCUT2D eigenvalue weighted by Gasteiger charge is -2.34. The van der Waals surface area contributed by atoms with E-state index in [1.165, 1.54) is 26.2 Å². The fourth-order valence-electron chi connectivity index (χ4n) is 3.56. The number of hydrogen-bond acceptors (Lipinski definition) is 5. The molecule has 158 valence electrons. The number of sulfonamides is 1. The molecule has 4 rings (SSSR count). The van der Waals surface area contributed by atoms with Crippen molar-refractivity contribution >= 4 is 27.0 Å². The summed E-state index contributed by atoms with van der Waals surface area (Å²) >= 11 is 0. The third-order valence-corrected chi connectivity index (χ3v) is 7.18. The van der Waals surface area contributed by atoms with Crippen molar-refractivity contribution in [1.29, 1.82) is 0 Å². The number of imidazole rings is 1. The number of hydrogen-bond donors (Lipinski definition) is 1. The Kier molecular flexibility index (Phi) is 5.59. The van der Waals surface area contributed by atoms with Crippen molar-refractivity contribution in [3.8, 4) is 0 Å². The predicted molar refractivity (Wildman–Crippen MR) is 115 cm³/mol. The molecular formula is C21H25N5O3S. The van der Waals surface area contributed by atoms with E-state index in [-0.39, 0.29) is 10.8 Å². The fourth-order valence-corrected chi connectivity index (χ4v) is 4.47. The van der Waals surface area contributed by atoms with Gasteiger partial charge in [-0.2, -0.15) is 0 Å². The highest BCUT2D eigenvalue weighted by Crippen LogP contribution is 2.17. The molecule has 2 aromatic carbocycles. The van der Waals surface area contributed by atoms with Gasteiger partial charge in [0.05, 0.1) is 22.5 Å². The van der Waals surface area contributed by atoms with Crippen LogP contribution in [0, 0.1) is 0 Å². The summed E-state index contributed by atoms with van der Waals surface area (Å²) in [5.41, 5.74) is 2.49. The molecular weight excluding hydrogens is 402 g/mol. The molecule has 30 heavy (non-hydrogen) atoms. The van der Waals surface area contributed by atoms with Crippen LogP contribution in [0.2, 0.25) is 0 Å². The maximum atomic E-state index is 12.8. The van der Waals surface area contributed by atoms with Gasteiger partial charge < -0.3 is 9.88 Å². The number of nitrogens with one attached hydrogen (secondary N) is 1. The van der Waals surface area contributed by atoms with Gasteiger partial charge in [-0.05, 0) is 36.4 Å². The second-order valence-corrected chi connectivity index (χ2v) is 9.73. The molecule has 0 atom stereocenters. The van der Waals surface area contributed by atoms with E-state index < -0.39 is 10.0 Å². The molecule has 0 spiro atoms. The smallest absolute Gasteiger partial charge is 0.253 e. The van der Waals surface area contributed by atoms with Gasteiger partial charge in [0.15, 0.2) is 0 Å². The lowest BCUT2D eigenvalue weighted by atomic mass is 10.2. The second kappa shape index (κ2) is 8.17. The number of piperazine rings is 1. The van der Waals surface area contributed by atoms with E-state index in [4.69, 9.17) is 0 Å². The van der Waals surface area contributed by atoms with Crippen LogP contribution in [0.4, 0.5) is 0 Å². The van der Waals surface area contributed by atoms with Crippen molar-refractivity contribution in [2.75, 3.05) is 40.3 Å².